The molecule has 2 unspecified atom stereocenters. The minimum atomic E-state index is 0.277. The smallest absolute Gasteiger partial charge is 0.159 e. The van der Waals surface area contributed by atoms with E-state index in [-0.39, 0.29) is 5.78 Å². The minimum absolute atomic E-state index is 0.277. The lowest BCUT2D eigenvalue weighted by Gasteiger charge is -2.26. The zero-order chi connectivity index (χ0) is 12.1. The maximum absolute atomic E-state index is 11.8. The molecule has 0 amide bonds. The lowest BCUT2D eigenvalue weighted by Crippen LogP contribution is -2.22. The molecule has 0 bridgehead atoms. The van der Waals surface area contributed by atoms with Crippen LogP contribution in [0.15, 0.2) is 48.6 Å². The van der Waals surface area contributed by atoms with E-state index < -0.39 is 0 Å². The van der Waals surface area contributed by atoms with Gasteiger partial charge in [0.25, 0.3) is 0 Å². The molecule has 1 rings (SSSR count). The van der Waals surface area contributed by atoms with Crippen molar-refractivity contribution in [3.8, 4) is 0 Å². The Morgan fingerprint density at radius 1 is 1.31 bits per heavy atom. The Labute approximate surface area is 98.2 Å². The summed E-state index contributed by atoms with van der Waals surface area (Å²) in [6.45, 7) is 11.8. The summed E-state index contributed by atoms with van der Waals surface area (Å²) in [5.74, 6) is 1.36. The van der Waals surface area contributed by atoms with Crippen LogP contribution in [0.2, 0.25) is 0 Å². The van der Waals surface area contributed by atoms with Gasteiger partial charge in [-0.25, -0.2) is 0 Å². The number of hydrogen-bond donors (Lipinski definition) is 0. The zero-order valence-electron chi connectivity index (χ0n) is 10.2. The van der Waals surface area contributed by atoms with Gasteiger partial charge in [-0.1, -0.05) is 45.2 Å². The fraction of sp³-hybridized carbons (Fsp3) is 0.400. The number of rotatable bonds is 3. The highest BCUT2D eigenvalue weighted by molar-refractivity contribution is 5.96. The van der Waals surface area contributed by atoms with Crippen LogP contribution < -0.4 is 0 Å². The summed E-state index contributed by atoms with van der Waals surface area (Å²) in [6, 6.07) is 0. The van der Waals surface area contributed by atoms with Gasteiger partial charge in [-0.3, -0.25) is 4.79 Å². The Morgan fingerprint density at radius 3 is 2.56 bits per heavy atom. The molecule has 2 atom stereocenters. The van der Waals surface area contributed by atoms with Crippen molar-refractivity contribution >= 4 is 5.78 Å². The standard InChI is InChI=1S/C15H20O/c1-5-6-7-11(2)8-14-9-12(3)13(4)10-15(14)16/h5-8,12-13H,1-2,9-10H2,3-4H3/b7-6-,14-8+. The van der Waals surface area contributed by atoms with E-state index in [9.17, 15) is 4.79 Å². The van der Waals surface area contributed by atoms with Gasteiger partial charge in [0.15, 0.2) is 5.78 Å². The summed E-state index contributed by atoms with van der Waals surface area (Å²) >= 11 is 0. The number of carbonyl (C=O) groups is 1. The van der Waals surface area contributed by atoms with E-state index in [0.717, 1.165) is 17.6 Å². The molecule has 0 heterocycles. The van der Waals surface area contributed by atoms with Crippen LogP contribution in [-0.4, -0.2) is 5.78 Å². The van der Waals surface area contributed by atoms with Crippen LogP contribution >= 0.6 is 0 Å². The normalized spacial score (nSPS) is 28.6. The summed E-state index contributed by atoms with van der Waals surface area (Å²) in [5.41, 5.74) is 1.79. The van der Waals surface area contributed by atoms with Crippen molar-refractivity contribution in [3.63, 3.8) is 0 Å². The third-order valence-electron chi connectivity index (χ3n) is 3.18. The Balaban J connectivity index is 2.76. The van der Waals surface area contributed by atoms with Crippen molar-refractivity contribution in [1.82, 2.24) is 0 Å². The quantitative estimate of drug-likeness (QED) is 0.517. The SMILES string of the molecule is C=C/C=C\C(=C)/C=C1\CC(C)C(C)CC1=O. The molecule has 1 aliphatic carbocycles. The summed E-state index contributed by atoms with van der Waals surface area (Å²) in [4.78, 5) is 11.8. The first kappa shape index (κ1) is 12.7. The van der Waals surface area contributed by atoms with Gasteiger partial charge in [0.2, 0.25) is 0 Å². The molecule has 0 aromatic carbocycles. The molecule has 0 aromatic heterocycles. The third kappa shape index (κ3) is 3.34. The summed E-state index contributed by atoms with van der Waals surface area (Å²) in [7, 11) is 0. The minimum Gasteiger partial charge on any atom is -0.295 e. The van der Waals surface area contributed by atoms with E-state index in [1.807, 2.05) is 18.2 Å². The molecule has 0 radical (unpaired) electrons. The maximum Gasteiger partial charge on any atom is 0.159 e. The molecule has 0 N–H and O–H groups in total. The van der Waals surface area contributed by atoms with E-state index in [1.54, 1.807) is 6.08 Å². The van der Waals surface area contributed by atoms with Gasteiger partial charge in [0, 0.05) is 6.42 Å². The van der Waals surface area contributed by atoms with Crippen LogP contribution in [0, 0.1) is 11.8 Å². The fourth-order valence-corrected chi connectivity index (χ4v) is 1.89. The van der Waals surface area contributed by atoms with Crippen LogP contribution in [0.3, 0.4) is 0 Å². The molecule has 1 saturated carbocycles. The van der Waals surface area contributed by atoms with Gasteiger partial charge >= 0.3 is 0 Å². The summed E-state index contributed by atoms with van der Waals surface area (Å²) < 4.78 is 0. The van der Waals surface area contributed by atoms with E-state index >= 15 is 0 Å². The predicted molar refractivity (Wildman–Crippen MR) is 69.1 cm³/mol. The predicted octanol–water partition coefficient (Wildman–Crippen LogP) is 3.85. The van der Waals surface area contributed by atoms with E-state index in [1.165, 1.54) is 0 Å². The molecule has 1 fully saturated rings. The number of hydrogen-bond acceptors (Lipinski definition) is 1. The molecule has 0 spiro atoms. The number of allylic oxidation sites excluding steroid dienone is 6. The number of carbonyl (C=O) groups excluding carboxylic acids is 1. The second-order valence-corrected chi connectivity index (χ2v) is 4.63. The Hall–Kier alpha value is -1.37. The first-order valence-corrected chi connectivity index (χ1v) is 5.76. The second kappa shape index (κ2) is 5.64. The van der Waals surface area contributed by atoms with Gasteiger partial charge in [0.05, 0.1) is 0 Å². The number of Topliss-reactive ketones (excluding diaryl/α,β-unsaturated/α-hetero) is 1. The van der Waals surface area contributed by atoms with Gasteiger partial charge < -0.3 is 0 Å². The second-order valence-electron chi connectivity index (χ2n) is 4.63. The molecule has 0 saturated heterocycles. The zero-order valence-corrected chi connectivity index (χ0v) is 10.2. The van der Waals surface area contributed by atoms with Crippen molar-refractivity contribution in [2.75, 3.05) is 0 Å². The fourth-order valence-electron chi connectivity index (χ4n) is 1.89. The average molecular weight is 216 g/mol. The monoisotopic (exact) mass is 216 g/mol. The largest absolute Gasteiger partial charge is 0.295 e. The van der Waals surface area contributed by atoms with Crippen LogP contribution in [0.4, 0.5) is 0 Å². The topological polar surface area (TPSA) is 17.1 Å². The van der Waals surface area contributed by atoms with Gasteiger partial charge in [0.1, 0.15) is 0 Å². The lowest BCUT2D eigenvalue weighted by molar-refractivity contribution is -0.118. The third-order valence-corrected chi connectivity index (χ3v) is 3.18. The number of ketones is 1. The highest BCUT2D eigenvalue weighted by Gasteiger charge is 2.26. The van der Waals surface area contributed by atoms with Gasteiger partial charge in [-0.15, -0.1) is 0 Å². The van der Waals surface area contributed by atoms with E-state index in [2.05, 4.69) is 27.0 Å². The van der Waals surface area contributed by atoms with Crippen molar-refractivity contribution in [3.05, 3.63) is 48.6 Å². The molecule has 1 aliphatic rings. The van der Waals surface area contributed by atoms with Crippen molar-refractivity contribution < 1.29 is 4.79 Å². The molecule has 1 heteroatoms. The van der Waals surface area contributed by atoms with Crippen LogP contribution in [0.1, 0.15) is 26.7 Å². The molecule has 0 aliphatic heterocycles. The Morgan fingerprint density at radius 2 is 1.94 bits per heavy atom. The Kier molecular flexibility index (Phi) is 4.48. The lowest BCUT2D eigenvalue weighted by atomic mass is 9.78. The van der Waals surface area contributed by atoms with Gasteiger partial charge in [-0.05, 0) is 35.5 Å². The molecule has 1 nitrogen and oxygen atoms in total. The highest BCUT2D eigenvalue weighted by atomic mass is 16.1. The summed E-state index contributed by atoms with van der Waals surface area (Å²) in [6.07, 6.45) is 8.86. The van der Waals surface area contributed by atoms with Crippen LogP contribution in [0.25, 0.3) is 0 Å². The van der Waals surface area contributed by atoms with E-state index in [0.29, 0.717) is 18.3 Å². The first-order valence-electron chi connectivity index (χ1n) is 5.76. The molecular weight excluding hydrogens is 196 g/mol. The van der Waals surface area contributed by atoms with Crippen LogP contribution in [-0.2, 0) is 4.79 Å². The first-order chi connectivity index (χ1) is 7.54. The molecular formula is C15H20O. The van der Waals surface area contributed by atoms with Gasteiger partial charge in [-0.2, -0.15) is 0 Å². The molecule has 16 heavy (non-hydrogen) atoms. The summed E-state index contributed by atoms with van der Waals surface area (Å²) in [5, 5.41) is 0. The van der Waals surface area contributed by atoms with Crippen molar-refractivity contribution in [1.29, 1.82) is 0 Å². The van der Waals surface area contributed by atoms with Crippen molar-refractivity contribution in [2.45, 2.75) is 26.7 Å². The van der Waals surface area contributed by atoms with E-state index in [4.69, 9.17) is 0 Å². The molecule has 86 valence electrons. The maximum atomic E-state index is 11.8. The Bertz CT molecular complexity index is 358. The van der Waals surface area contributed by atoms with Crippen molar-refractivity contribution in [2.24, 2.45) is 11.8 Å². The van der Waals surface area contributed by atoms with Crippen LogP contribution in [0.5, 0.6) is 0 Å². The average Bonchev–Trinajstić information content (AvgIpc) is 2.23. The highest BCUT2D eigenvalue weighted by Crippen LogP contribution is 2.31. The molecule has 0 aromatic rings.